The van der Waals surface area contributed by atoms with Crippen molar-refractivity contribution in [1.82, 2.24) is 10.2 Å². The fourth-order valence-corrected chi connectivity index (χ4v) is 5.60. The van der Waals surface area contributed by atoms with Gasteiger partial charge in [-0.15, -0.1) is 6.58 Å². The molecule has 2 aromatic carbocycles. The number of piperidine rings is 1. The van der Waals surface area contributed by atoms with Crippen molar-refractivity contribution in [1.29, 1.82) is 0 Å². The number of amides is 1. The van der Waals surface area contributed by atoms with Crippen LogP contribution in [0, 0.1) is 5.41 Å². The molecule has 6 heteroatoms. The minimum atomic E-state index is -0.833. The summed E-state index contributed by atoms with van der Waals surface area (Å²) in [5.41, 5.74) is 0.751. The van der Waals surface area contributed by atoms with E-state index in [1.807, 2.05) is 48.5 Å². The van der Waals surface area contributed by atoms with Crippen molar-refractivity contribution >= 4 is 29.1 Å². The van der Waals surface area contributed by atoms with Gasteiger partial charge in [0.25, 0.3) is 0 Å². The standard InChI is InChI=1S/C29H38Cl2N2O2/c1-6-15-29(5)17-25(21-9-8-10-23(31)16-21)26(20-11-13-22(30)14-12-20)33(27(29)34)24(7-2)18-32-19-28(3,4)35/h6,8-14,16,24-26,32,35H,1,7,15,17-19H2,2-5H3. The van der Waals surface area contributed by atoms with E-state index in [0.717, 1.165) is 17.5 Å². The van der Waals surface area contributed by atoms with Crippen LogP contribution in [0.2, 0.25) is 10.0 Å². The van der Waals surface area contributed by atoms with Crippen LogP contribution in [-0.2, 0) is 4.79 Å². The Morgan fingerprint density at radius 1 is 1.20 bits per heavy atom. The predicted molar refractivity (Wildman–Crippen MR) is 146 cm³/mol. The smallest absolute Gasteiger partial charge is 0.229 e. The predicted octanol–water partition coefficient (Wildman–Crippen LogP) is 6.77. The van der Waals surface area contributed by atoms with E-state index in [9.17, 15) is 9.90 Å². The minimum Gasteiger partial charge on any atom is -0.389 e. The Labute approximate surface area is 220 Å². The molecule has 2 aromatic rings. The molecule has 190 valence electrons. The summed E-state index contributed by atoms with van der Waals surface area (Å²) in [5.74, 6) is 0.174. The fraction of sp³-hybridized carbons (Fsp3) is 0.483. The molecule has 4 atom stereocenters. The first-order valence-electron chi connectivity index (χ1n) is 12.4. The van der Waals surface area contributed by atoms with Crippen molar-refractivity contribution in [2.45, 2.75) is 70.6 Å². The Hall–Kier alpha value is -1.85. The van der Waals surface area contributed by atoms with E-state index in [4.69, 9.17) is 23.2 Å². The van der Waals surface area contributed by atoms with Crippen molar-refractivity contribution in [2.24, 2.45) is 5.41 Å². The van der Waals surface area contributed by atoms with Crippen LogP contribution in [0.4, 0.5) is 0 Å². The average molecular weight is 518 g/mol. The lowest BCUT2D eigenvalue weighted by Crippen LogP contribution is -2.57. The lowest BCUT2D eigenvalue weighted by molar-refractivity contribution is -0.154. The lowest BCUT2D eigenvalue weighted by atomic mass is 9.67. The molecule has 1 aliphatic heterocycles. The van der Waals surface area contributed by atoms with Crippen LogP contribution in [-0.4, -0.2) is 40.6 Å². The van der Waals surface area contributed by atoms with Gasteiger partial charge in [-0.2, -0.15) is 0 Å². The molecule has 1 heterocycles. The van der Waals surface area contributed by atoms with Crippen LogP contribution in [0.3, 0.4) is 0 Å². The van der Waals surface area contributed by atoms with Crippen LogP contribution in [0.25, 0.3) is 0 Å². The van der Waals surface area contributed by atoms with Gasteiger partial charge in [0.15, 0.2) is 0 Å². The fourth-order valence-electron chi connectivity index (χ4n) is 5.27. The molecule has 4 nitrogen and oxygen atoms in total. The maximum atomic E-state index is 14.2. The summed E-state index contributed by atoms with van der Waals surface area (Å²) in [5, 5.41) is 15.0. The van der Waals surface area contributed by atoms with Gasteiger partial charge in [0.05, 0.1) is 17.1 Å². The summed E-state index contributed by atoms with van der Waals surface area (Å²) < 4.78 is 0. The number of nitrogens with zero attached hydrogens (tertiary/aromatic N) is 1. The largest absolute Gasteiger partial charge is 0.389 e. The zero-order valence-electron chi connectivity index (χ0n) is 21.2. The highest BCUT2D eigenvalue weighted by atomic mass is 35.5. The van der Waals surface area contributed by atoms with E-state index in [0.29, 0.717) is 36.0 Å². The molecular formula is C29H38Cl2N2O2. The number of carbonyl (C=O) groups is 1. The number of benzene rings is 2. The molecule has 0 aromatic heterocycles. The Bertz CT molecular complexity index is 1020. The molecule has 4 unspecified atom stereocenters. The normalized spacial score (nSPS) is 23.9. The van der Waals surface area contributed by atoms with Gasteiger partial charge in [0.1, 0.15) is 0 Å². The van der Waals surface area contributed by atoms with Gasteiger partial charge >= 0.3 is 0 Å². The van der Waals surface area contributed by atoms with Crippen LogP contribution in [0.5, 0.6) is 0 Å². The van der Waals surface area contributed by atoms with E-state index in [2.05, 4.69) is 36.7 Å². The van der Waals surface area contributed by atoms with Gasteiger partial charge in [-0.1, -0.05) is 67.4 Å². The summed E-state index contributed by atoms with van der Waals surface area (Å²) in [4.78, 5) is 16.3. The summed E-state index contributed by atoms with van der Waals surface area (Å²) in [7, 11) is 0. The van der Waals surface area contributed by atoms with E-state index in [1.54, 1.807) is 13.8 Å². The third-order valence-electron chi connectivity index (χ3n) is 6.99. The molecule has 1 fully saturated rings. The minimum absolute atomic E-state index is 0.0425. The quantitative estimate of drug-likeness (QED) is 0.342. The Balaban J connectivity index is 2.13. The number of hydrogen-bond acceptors (Lipinski definition) is 3. The molecule has 0 aliphatic carbocycles. The lowest BCUT2D eigenvalue weighted by Gasteiger charge is -2.52. The van der Waals surface area contributed by atoms with Gasteiger partial charge in [0.2, 0.25) is 5.91 Å². The van der Waals surface area contributed by atoms with Gasteiger partial charge in [-0.3, -0.25) is 4.79 Å². The molecule has 1 saturated heterocycles. The molecule has 1 aliphatic rings. The second-order valence-electron chi connectivity index (χ2n) is 10.6. The van der Waals surface area contributed by atoms with E-state index >= 15 is 0 Å². The number of allylic oxidation sites excluding steroid dienone is 1. The van der Waals surface area contributed by atoms with Crippen molar-refractivity contribution in [3.05, 3.63) is 82.4 Å². The van der Waals surface area contributed by atoms with Crippen molar-refractivity contribution in [2.75, 3.05) is 13.1 Å². The molecule has 2 N–H and O–H groups in total. The zero-order chi connectivity index (χ0) is 25.8. The Morgan fingerprint density at radius 3 is 2.46 bits per heavy atom. The first-order chi connectivity index (χ1) is 16.5. The van der Waals surface area contributed by atoms with Gasteiger partial charge in [-0.05, 0) is 68.5 Å². The van der Waals surface area contributed by atoms with Gasteiger partial charge in [0, 0.05) is 35.1 Å². The summed E-state index contributed by atoms with van der Waals surface area (Å²) in [6, 6.07) is 15.6. The molecule has 35 heavy (non-hydrogen) atoms. The highest BCUT2D eigenvalue weighted by Gasteiger charge is 2.50. The molecule has 1 amide bonds. The monoisotopic (exact) mass is 516 g/mol. The molecular weight excluding hydrogens is 479 g/mol. The molecule has 0 radical (unpaired) electrons. The Kier molecular flexibility index (Phi) is 9.09. The number of rotatable bonds is 10. The zero-order valence-corrected chi connectivity index (χ0v) is 22.7. The SMILES string of the molecule is C=CCC1(C)CC(c2cccc(Cl)c2)C(c2ccc(Cl)cc2)N(C(CC)CNCC(C)(C)O)C1=O. The van der Waals surface area contributed by atoms with Crippen molar-refractivity contribution in [3.8, 4) is 0 Å². The summed E-state index contributed by atoms with van der Waals surface area (Å²) >= 11 is 12.7. The molecule has 0 bridgehead atoms. The van der Waals surface area contributed by atoms with Crippen LogP contribution in [0.1, 0.15) is 70.0 Å². The highest BCUT2D eigenvalue weighted by Crippen LogP contribution is 2.52. The molecule has 0 spiro atoms. The van der Waals surface area contributed by atoms with Gasteiger partial charge in [-0.25, -0.2) is 0 Å². The second kappa shape index (κ2) is 11.5. The van der Waals surface area contributed by atoms with Gasteiger partial charge < -0.3 is 15.3 Å². The second-order valence-corrected chi connectivity index (χ2v) is 11.5. The number of carbonyl (C=O) groups excluding carboxylic acids is 1. The number of hydrogen-bond donors (Lipinski definition) is 2. The topological polar surface area (TPSA) is 52.6 Å². The maximum absolute atomic E-state index is 14.2. The third-order valence-corrected chi connectivity index (χ3v) is 7.47. The highest BCUT2D eigenvalue weighted by molar-refractivity contribution is 6.30. The van der Waals surface area contributed by atoms with Crippen LogP contribution < -0.4 is 5.32 Å². The number of nitrogens with one attached hydrogen (secondary N) is 1. The van der Waals surface area contributed by atoms with E-state index < -0.39 is 11.0 Å². The number of halogens is 2. The summed E-state index contributed by atoms with van der Waals surface area (Å²) in [6.07, 6.45) is 3.91. The van der Waals surface area contributed by atoms with Crippen molar-refractivity contribution in [3.63, 3.8) is 0 Å². The summed E-state index contributed by atoms with van der Waals surface area (Å²) in [6.45, 7) is 12.7. The van der Waals surface area contributed by atoms with E-state index in [-0.39, 0.29) is 23.9 Å². The number of aliphatic hydroxyl groups is 1. The maximum Gasteiger partial charge on any atom is 0.229 e. The Morgan fingerprint density at radius 2 is 1.89 bits per heavy atom. The average Bonchev–Trinajstić information content (AvgIpc) is 2.79. The van der Waals surface area contributed by atoms with Crippen molar-refractivity contribution < 1.29 is 9.90 Å². The molecule has 0 saturated carbocycles. The molecule has 3 rings (SSSR count). The van der Waals surface area contributed by atoms with E-state index in [1.165, 1.54) is 0 Å². The first kappa shape index (κ1) is 27.7. The number of likely N-dealkylation sites (tertiary alicyclic amines) is 1. The third kappa shape index (κ3) is 6.68. The first-order valence-corrected chi connectivity index (χ1v) is 13.1. The van der Waals surface area contributed by atoms with Crippen LogP contribution >= 0.6 is 23.2 Å². The van der Waals surface area contributed by atoms with Crippen LogP contribution in [0.15, 0.2) is 61.2 Å².